The highest BCUT2D eigenvalue weighted by Crippen LogP contribution is 2.26. The van der Waals surface area contributed by atoms with Crippen molar-refractivity contribution in [3.63, 3.8) is 0 Å². The van der Waals surface area contributed by atoms with Crippen molar-refractivity contribution >= 4 is 28.8 Å². The fraction of sp³-hybridized carbons (Fsp3) is 0.182. The van der Waals surface area contributed by atoms with Gasteiger partial charge >= 0.3 is 0 Å². The fourth-order valence-corrected chi connectivity index (χ4v) is 3.40. The maximum atomic E-state index is 12.5. The van der Waals surface area contributed by atoms with Crippen LogP contribution in [0.25, 0.3) is 11.1 Å². The molecule has 1 aliphatic heterocycles. The van der Waals surface area contributed by atoms with Crippen molar-refractivity contribution in [1.29, 1.82) is 5.41 Å². The van der Waals surface area contributed by atoms with E-state index in [9.17, 15) is 4.79 Å². The third kappa shape index (κ3) is 4.08. The Hall–Kier alpha value is -3.74. The predicted molar refractivity (Wildman–Crippen MR) is 115 cm³/mol. The van der Waals surface area contributed by atoms with Crippen molar-refractivity contribution < 1.29 is 4.79 Å². The Morgan fingerprint density at radius 2 is 1.86 bits per heavy atom. The molecule has 0 atom stereocenters. The summed E-state index contributed by atoms with van der Waals surface area (Å²) in [7, 11) is 0. The Labute approximate surface area is 169 Å². The summed E-state index contributed by atoms with van der Waals surface area (Å²) in [6, 6.07) is 12.8. The zero-order chi connectivity index (χ0) is 20.2. The number of amides is 1. The lowest BCUT2D eigenvalue weighted by Gasteiger charge is -2.16. The van der Waals surface area contributed by atoms with Crippen molar-refractivity contribution in [1.82, 2.24) is 9.97 Å². The van der Waals surface area contributed by atoms with Crippen LogP contribution in [0.4, 0.5) is 17.2 Å². The number of nitrogen functional groups attached to an aromatic ring is 1. The van der Waals surface area contributed by atoms with Crippen LogP contribution < -0.4 is 16.0 Å². The second kappa shape index (κ2) is 8.10. The number of nitrogens with one attached hydrogen (secondary N) is 2. The van der Waals surface area contributed by atoms with Crippen LogP contribution in [-0.2, 0) is 4.79 Å². The first-order valence-corrected chi connectivity index (χ1v) is 9.53. The van der Waals surface area contributed by atoms with Crippen molar-refractivity contribution in [3.05, 3.63) is 66.6 Å². The van der Waals surface area contributed by atoms with Crippen LogP contribution in [0.2, 0.25) is 0 Å². The van der Waals surface area contributed by atoms with Gasteiger partial charge in [-0.3, -0.25) is 15.2 Å². The standard InChI is InChI=1S/C22H22N6O/c23-19-7-5-15(16-6-8-20(26-13-16)28-10-1-2-11-28)12-18(19)21(24)22(29)27-17-4-3-9-25-14-17/h3-9,12-14,24H,1-2,10-11,23H2,(H,27,29). The smallest absolute Gasteiger partial charge is 0.274 e. The molecule has 3 heterocycles. The van der Waals surface area contributed by atoms with E-state index in [1.165, 1.54) is 19.0 Å². The summed E-state index contributed by atoms with van der Waals surface area (Å²) in [5.41, 5.74) is 8.90. The van der Waals surface area contributed by atoms with E-state index in [1.807, 2.05) is 24.4 Å². The maximum Gasteiger partial charge on any atom is 0.274 e. The molecule has 1 saturated heterocycles. The molecule has 4 rings (SSSR count). The minimum absolute atomic E-state index is 0.199. The van der Waals surface area contributed by atoms with Crippen LogP contribution in [0, 0.1) is 5.41 Å². The van der Waals surface area contributed by atoms with Crippen LogP contribution in [-0.4, -0.2) is 34.7 Å². The summed E-state index contributed by atoms with van der Waals surface area (Å²) in [4.78, 5) is 23.3. The largest absolute Gasteiger partial charge is 0.398 e. The van der Waals surface area contributed by atoms with Crippen molar-refractivity contribution in [2.45, 2.75) is 12.8 Å². The molecular weight excluding hydrogens is 364 g/mol. The minimum Gasteiger partial charge on any atom is -0.398 e. The minimum atomic E-state index is -0.538. The maximum absolute atomic E-state index is 12.5. The van der Waals surface area contributed by atoms with Crippen LogP contribution in [0.5, 0.6) is 0 Å². The number of aromatic nitrogens is 2. The zero-order valence-electron chi connectivity index (χ0n) is 15.9. The molecular formula is C22H22N6O. The second-order valence-corrected chi connectivity index (χ2v) is 6.97. The number of pyridine rings is 2. The summed E-state index contributed by atoms with van der Waals surface area (Å²) in [5, 5.41) is 11.0. The topological polar surface area (TPSA) is 108 Å². The molecule has 1 amide bonds. The highest BCUT2D eigenvalue weighted by atomic mass is 16.1. The summed E-state index contributed by atoms with van der Waals surface area (Å²) >= 11 is 0. The molecule has 0 bridgehead atoms. The Kier molecular flexibility index (Phi) is 5.20. The molecule has 0 spiro atoms. The highest BCUT2D eigenvalue weighted by molar-refractivity contribution is 6.48. The van der Waals surface area contributed by atoms with Gasteiger partial charge in [-0.05, 0) is 54.8 Å². The number of nitrogens with two attached hydrogens (primary N) is 1. The SMILES string of the molecule is N=C(C(=O)Nc1cccnc1)c1cc(-c2ccc(N3CCCC3)nc2)ccc1N. The highest BCUT2D eigenvalue weighted by Gasteiger charge is 2.17. The fourth-order valence-electron chi connectivity index (χ4n) is 3.40. The van der Waals surface area contributed by atoms with E-state index in [0.717, 1.165) is 30.0 Å². The van der Waals surface area contributed by atoms with Gasteiger partial charge in [-0.1, -0.05) is 6.07 Å². The van der Waals surface area contributed by atoms with Gasteiger partial charge in [-0.2, -0.15) is 0 Å². The first-order valence-electron chi connectivity index (χ1n) is 9.53. The first kappa shape index (κ1) is 18.6. The molecule has 1 fully saturated rings. The normalized spacial score (nSPS) is 13.3. The van der Waals surface area contributed by atoms with Gasteiger partial charge in [0.05, 0.1) is 11.9 Å². The molecule has 29 heavy (non-hydrogen) atoms. The molecule has 0 aliphatic carbocycles. The predicted octanol–water partition coefficient (Wildman–Crippen LogP) is 3.33. The van der Waals surface area contributed by atoms with Gasteiger partial charge in [-0.15, -0.1) is 0 Å². The zero-order valence-corrected chi connectivity index (χ0v) is 15.9. The summed E-state index contributed by atoms with van der Waals surface area (Å²) in [5.74, 6) is 0.440. The van der Waals surface area contributed by atoms with E-state index in [2.05, 4.69) is 20.2 Å². The van der Waals surface area contributed by atoms with Crippen LogP contribution in [0.3, 0.4) is 0 Å². The number of nitrogens with zero attached hydrogens (tertiary/aromatic N) is 3. The summed E-state index contributed by atoms with van der Waals surface area (Å²) < 4.78 is 0. The summed E-state index contributed by atoms with van der Waals surface area (Å²) in [6.45, 7) is 2.09. The lowest BCUT2D eigenvalue weighted by atomic mass is 10.00. The van der Waals surface area contributed by atoms with E-state index >= 15 is 0 Å². The third-order valence-corrected chi connectivity index (χ3v) is 4.98. The van der Waals surface area contributed by atoms with Gasteiger partial charge in [0.2, 0.25) is 0 Å². The number of anilines is 3. The Morgan fingerprint density at radius 1 is 1.07 bits per heavy atom. The van der Waals surface area contributed by atoms with E-state index in [1.54, 1.807) is 30.5 Å². The van der Waals surface area contributed by atoms with Gasteiger partial charge in [-0.25, -0.2) is 4.98 Å². The third-order valence-electron chi connectivity index (χ3n) is 4.98. The van der Waals surface area contributed by atoms with Crippen LogP contribution in [0.15, 0.2) is 61.1 Å². The molecule has 1 aliphatic rings. The van der Waals surface area contributed by atoms with Crippen LogP contribution in [0.1, 0.15) is 18.4 Å². The van der Waals surface area contributed by atoms with Gasteiger partial charge in [0, 0.05) is 42.3 Å². The number of hydrogen-bond acceptors (Lipinski definition) is 6. The number of carbonyl (C=O) groups excluding carboxylic acids is 1. The number of carbonyl (C=O) groups is 1. The monoisotopic (exact) mass is 386 g/mol. The molecule has 3 aromatic rings. The van der Waals surface area contributed by atoms with E-state index in [0.29, 0.717) is 16.9 Å². The number of benzene rings is 1. The molecule has 0 radical (unpaired) electrons. The van der Waals surface area contributed by atoms with E-state index in [4.69, 9.17) is 11.1 Å². The van der Waals surface area contributed by atoms with Crippen molar-refractivity contribution in [2.24, 2.45) is 0 Å². The van der Waals surface area contributed by atoms with Gasteiger partial charge in [0.25, 0.3) is 5.91 Å². The Balaban J connectivity index is 1.55. The van der Waals surface area contributed by atoms with E-state index in [-0.39, 0.29) is 5.71 Å². The van der Waals surface area contributed by atoms with Crippen LogP contribution >= 0.6 is 0 Å². The molecule has 2 aromatic heterocycles. The molecule has 1 aromatic carbocycles. The second-order valence-electron chi connectivity index (χ2n) is 6.97. The molecule has 7 heteroatoms. The molecule has 7 nitrogen and oxygen atoms in total. The number of rotatable bonds is 5. The Morgan fingerprint density at radius 3 is 2.55 bits per heavy atom. The molecule has 0 unspecified atom stereocenters. The summed E-state index contributed by atoms with van der Waals surface area (Å²) in [6.07, 6.45) is 7.37. The van der Waals surface area contributed by atoms with Gasteiger partial charge in [0.1, 0.15) is 11.5 Å². The Bertz CT molecular complexity index is 1030. The lowest BCUT2D eigenvalue weighted by Crippen LogP contribution is -2.24. The molecule has 146 valence electrons. The van der Waals surface area contributed by atoms with E-state index < -0.39 is 5.91 Å². The van der Waals surface area contributed by atoms with Crippen molar-refractivity contribution in [2.75, 3.05) is 29.0 Å². The van der Waals surface area contributed by atoms with Gasteiger partial charge < -0.3 is 16.0 Å². The quantitative estimate of drug-likeness (QED) is 0.460. The molecule has 4 N–H and O–H groups in total. The average molecular weight is 386 g/mol. The van der Waals surface area contributed by atoms with Gasteiger partial charge in [0.15, 0.2) is 0 Å². The average Bonchev–Trinajstić information content (AvgIpc) is 3.29. The molecule has 0 saturated carbocycles. The first-order chi connectivity index (χ1) is 14.1. The van der Waals surface area contributed by atoms with Crippen molar-refractivity contribution in [3.8, 4) is 11.1 Å². The number of hydrogen-bond donors (Lipinski definition) is 3. The lowest BCUT2D eigenvalue weighted by molar-refractivity contribution is -0.110.